The van der Waals surface area contributed by atoms with Gasteiger partial charge in [-0.15, -0.1) is 0 Å². The molecule has 0 aliphatic heterocycles. The van der Waals surface area contributed by atoms with Gasteiger partial charge in [0.15, 0.2) is 0 Å². The molecule has 1 aromatic rings. The molecule has 0 aliphatic carbocycles. The number of carboxylic acids is 1. The number of anilines is 1. The van der Waals surface area contributed by atoms with E-state index in [2.05, 4.69) is 20.7 Å². The molecule has 0 heterocycles. The van der Waals surface area contributed by atoms with Gasteiger partial charge in [-0.2, -0.15) is 12.7 Å². The highest BCUT2D eigenvalue weighted by Gasteiger charge is 2.18. The minimum Gasteiger partial charge on any atom is -0.481 e. The second-order valence-electron chi connectivity index (χ2n) is 4.09. The summed E-state index contributed by atoms with van der Waals surface area (Å²) in [4.78, 5) is 10.4. The van der Waals surface area contributed by atoms with Gasteiger partial charge in [0, 0.05) is 18.1 Å². The van der Waals surface area contributed by atoms with E-state index in [1.165, 1.54) is 7.05 Å². The van der Waals surface area contributed by atoms with Crippen LogP contribution in [0, 0.1) is 6.92 Å². The first-order valence-electron chi connectivity index (χ1n) is 5.44. The van der Waals surface area contributed by atoms with Crippen molar-refractivity contribution < 1.29 is 18.3 Å². The van der Waals surface area contributed by atoms with E-state index < -0.39 is 16.2 Å². The molecule has 0 radical (unpaired) electrons. The fraction of sp³-hybridized carbons (Fsp3) is 0.364. The summed E-state index contributed by atoms with van der Waals surface area (Å²) in [6.45, 7) is 1.76. The number of benzene rings is 1. The predicted octanol–water partition coefficient (Wildman–Crippen LogP) is 1.82. The molecule has 1 rings (SSSR count). The smallest absolute Gasteiger partial charge is 0.304 e. The van der Waals surface area contributed by atoms with Crippen LogP contribution in [0.2, 0.25) is 0 Å². The molecule has 8 heteroatoms. The van der Waals surface area contributed by atoms with Crippen molar-refractivity contribution in [2.45, 2.75) is 13.3 Å². The lowest BCUT2D eigenvalue weighted by Crippen LogP contribution is -2.34. The van der Waals surface area contributed by atoms with Gasteiger partial charge < -0.3 is 5.11 Å². The first kappa shape index (κ1) is 15.9. The fourth-order valence-corrected chi connectivity index (χ4v) is 2.91. The highest BCUT2D eigenvalue weighted by Crippen LogP contribution is 2.20. The summed E-state index contributed by atoms with van der Waals surface area (Å²) in [6.07, 6.45) is -0.241. The average Bonchev–Trinajstić information content (AvgIpc) is 2.23. The maximum atomic E-state index is 11.9. The highest BCUT2D eigenvalue weighted by molar-refractivity contribution is 9.10. The van der Waals surface area contributed by atoms with Crippen molar-refractivity contribution in [1.82, 2.24) is 4.31 Å². The van der Waals surface area contributed by atoms with Crippen LogP contribution in [0.3, 0.4) is 0 Å². The second kappa shape index (κ2) is 6.36. The molecule has 2 N–H and O–H groups in total. The van der Waals surface area contributed by atoms with Gasteiger partial charge in [0.1, 0.15) is 0 Å². The van der Waals surface area contributed by atoms with Gasteiger partial charge in [0.25, 0.3) is 0 Å². The van der Waals surface area contributed by atoms with Crippen LogP contribution >= 0.6 is 15.9 Å². The van der Waals surface area contributed by atoms with E-state index in [1.54, 1.807) is 12.1 Å². The van der Waals surface area contributed by atoms with Crippen LogP contribution < -0.4 is 4.72 Å². The van der Waals surface area contributed by atoms with Gasteiger partial charge in [-0.1, -0.05) is 15.9 Å². The first-order chi connectivity index (χ1) is 8.70. The van der Waals surface area contributed by atoms with E-state index in [0.717, 1.165) is 14.3 Å². The van der Waals surface area contributed by atoms with Gasteiger partial charge in [0.05, 0.1) is 12.1 Å². The SMILES string of the molecule is Cc1cc(Br)cc(NS(=O)(=O)N(C)CCC(=O)O)c1. The number of rotatable bonds is 6. The molecule has 1 aromatic carbocycles. The van der Waals surface area contributed by atoms with Crippen molar-refractivity contribution in [1.29, 1.82) is 0 Å². The Morgan fingerprint density at radius 1 is 1.42 bits per heavy atom. The topological polar surface area (TPSA) is 86.7 Å². The van der Waals surface area contributed by atoms with Crippen molar-refractivity contribution in [3.8, 4) is 0 Å². The Balaban J connectivity index is 2.81. The Labute approximate surface area is 120 Å². The molecular formula is C11H15BrN2O4S. The number of nitrogens with one attached hydrogen (secondary N) is 1. The molecule has 6 nitrogen and oxygen atoms in total. The number of hydrogen-bond donors (Lipinski definition) is 2. The van der Waals surface area contributed by atoms with Crippen LogP contribution in [0.25, 0.3) is 0 Å². The van der Waals surface area contributed by atoms with E-state index >= 15 is 0 Å². The Morgan fingerprint density at radius 3 is 2.58 bits per heavy atom. The molecule has 0 fully saturated rings. The lowest BCUT2D eigenvalue weighted by atomic mass is 10.2. The number of carbonyl (C=O) groups is 1. The Hall–Kier alpha value is -1.12. The number of halogens is 1. The first-order valence-corrected chi connectivity index (χ1v) is 7.67. The average molecular weight is 351 g/mol. The number of nitrogens with zero attached hydrogens (tertiary/aromatic N) is 1. The van der Waals surface area contributed by atoms with Crippen molar-refractivity contribution in [2.75, 3.05) is 18.3 Å². The molecule has 0 saturated heterocycles. The molecule has 0 saturated carbocycles. The van der Waals surface area contributed by atoms with Crippen LogP contribution in [0.1, 0.15) is 12.0 Å². The van der Waals surface area contributed by atoms with Gasteiger partial charge >= 0.3 is 16.2 Å². The molecular weight excluding hydrogens is 336 g/mol. The lowest BCUT2D eigenvalue weighted by Gasteiger charge is -2.17. The third-order valence-corrected chi connectivity index (χ3v) is 4.29. The third kappa shape index (κ3) is 5.17. The molecule has 0 unspecified atom stereocenters. The standard InChI is InChI=1S/C11H15BrN2O4S/c1-8-5-9(12)7-10(6-8)13-19(17,18)14(2)4-3-11(15)16/h5-7,13H,3-4H2,1-2H3,(H,15,16). The van der Waals surface area contributed by atoms with Gasteiger partial charge in [0.2, 0.25) is 0 Å². The second-order valence-corrected chi connectivity index (χ2v) is 6.78. The number of hydrogen-bond acceptors (Lipinski definition) is 3. The summed E-state index contributed by atoms with van der Waals surface area (Å²) in [5, 5.41) is 8.54. The molecule has 0 aromatic heterocycles. The zero-order chi connectivity index (χ0) is 14.6. The van der Waals surface area contributed by atoms with Gasteiger partial charge in [-0.25, -0.2) is 0 Å². The zero-order valence-electron chi connectivity index (χ0n) is 10.6. The van der Waals surface area contributed by atoms with Crippen LogP contribution in [0.5, 0.6) is 0 Å². The molecule has 19 heavy (non-hydrogen) atoms. The number of aryl methyl sites for hydroxylation is 1. The quantitative estimate of drug-likeness (QED) is 0.819. The normalized spacial score (nSPS) is 11.6. The number of aliphatic carboxylic acids is 1. The van der Waals surface area contributed by atoms with E-state index in [-0.39, 0.29) is 13.0 Å². The Morgan fingerprint density at radius 2 is 2.05 bits per heavy atom. The van der Waals surface area contributed by atoms with Crippen LogP contribution in [-0.2, 0) is 15.0 Å². The van der Waals surface area contributed by atoms with Gasteiger partial charge in [-0.3, -0.25) is 9.52 Å². The maximum absolute atomic E-state index is 11.9. The summed E-state index contributed by atoms with van der Waals surface area (Å²) in [6, 6.07) is 5.18. The van der Waals surface area contributed by atoms with Gasteiger partial charge in [-0.05, 0) is 30.7 Å². The summed E-state index contributed by atoms with van der Waals surface area (Å²) >= 11 is 3.28. The molecule has 0 spiro atoms. The van der Waals surface area contributed by atoms with Crippen molar-refractivity contribution >= 4 is 37.8 Å². The molecule has 0 amide bonds. The largest absolute Gasteiger partial charge is 0.481 e. The summed E-state index contributed by atoms with van der Waals surface area (Å²) in [7, 11) is -2.41. The summed E-state index contributed by atoms with van der Waals surface area (Å²) < 4.78 is 28.0. The van der Waals surface area contributed by atoms with Crippen molar-refractivity contribution in [3.05, 3.63) is 28.2 Å². The lowest BCUT2D eigenvalue weighted by molar-refractivity contribution is -0.137. The fourth-order valence-electron chi connectivity index (χ4n) is 1.40. The molecule has 0 aliphatic rings. The minimum absolute atomic E-state index is 0.0857. The van der Waals surface area contributed by atoms with Crippen LogP contribution in [0.4, 0.5) is 5.69 Å². The van der Waals surface area contributed by atoms with E-state index in [0.29, 0.717) is 5.69 Å². The molecule has 0 atom stereocenters. The zero-order valence-corrected chi connectivity index (χ0v) is 13.0. The van der Waals surface area contributed by atoms with E-state index in [9.17, 15) is 13.2 Å². The maximum Gasteiger partial charge on any atom is 0.304 e. The van der Waals surface area contributed by atoms with E-state index in [1.807, 2.05) is 13.0 Å². The molecule has 0 bridgehead atoms. The van der Waals surface area contributed by atoms with Crippen molar-refractivity contribution in [2.24, 2.45) is 0 Å². The summed E-state index contributed by atoms with van der Waals surface area (Å²) in [5.74, 6) is -1.04. The van der Waals surface area contributed by atoms with Crippen LogP contribution in [-0.4, -0.2) is 37.4 Å². The highest BCUT2D eigenvalue weighted by atomic mass is 79.9. The van der Waals surface area contributed by atoms with E-state index in [4.69, 9.17) is 5.11 Å². The Kier molecular flexibility index (Phi) is 5.33. The predicted molar refractivity (Wildman–Crippen MR) is 76.3 cm³/mol. The number of carboxylic acid groups (broad SMARTS) is 1. The van der Waals surface area contributed by atoms with Crippen LogP contribution in [0.15, 0.2) is 22.7 Å². The third-order valence-electron chi connectivity index (χ3n) is 2.34. The summed E-state index contributed by atoms with van der Waals surface area (Å²) in [5.41, 5.74) is 1.33. The molecule has 106 valence electrons. The Bertz CT molecular complexity index is 554. The monoisotopic (exact) mass is 350 g/mol. The minimum atomic E-state index is -3.74. The van der Waals surface area contributed by atoms with Crippen molar-refractivity contribution in [3.63, 3.8) is 0 Å².